The fraction of sp³-hybridized carbons (Fsp3) is 0.0833. The van der Waals surface area contributed by atoms with Crippen molar-refractivity contribution in [1.82, 2.24) is 9.97 Å². The molecule has 6 nitrogen and oxygen atoms in total. The van der Waals surface area contributed by atoms with Gasteiger partial charge in [-0.1, -0.05) is 0 Å². The third kappa shape index (κ3) is 3.33. The zero-order valence-corrected chi connectivity index (χ0v) is 11.6. The number of rotatable bonds is 4. The van der Waals surface area contributed by atoms with Crippen LogP contribution in [-0.2, 0) is 0 Å². The van der Waals surface area contributed by atoms with Gasteiger partial charge >= 0.3 is 0 Å². The lowest BCUT2D eigenvalue weighted by Gasteiger charge is -2.08. The summed E-state index contributed by atoms with van der Waals surface area (Å²) in [6, 6.07) is 7.21. The van der Waals surface area contributed by atoms with Crippen molar-refractivity contribution in [3.8, 4) is 11.9 Å². The minimum absolute atomic E-state index is 0.438. The highest BCUT2D eigenvalue weighted by Gasteiger charge is 2.03. The minimum atomic E-state index is 0.438. The fourth-order valence-electron chi connectivity index (χ4n) is 1.44. The van der Waals surface area contributed by atoms with Gasteiger partial charge in [0, 0.05) is 11.8 Å². The topological polar surface area (TPSA) is 82.9 Å². The number of benzene rings is 1. The van der Waals surface area contributed by atoms with Crippen LogP contribution < -0.4 is 15.4 Å². The quantitative estimate of drug-likeness (QED) is 0.666. The number of aromatic nitrogens is 2. The number of nitrogens with one attached hydrogen (secondary N) is 2. The lowest BCUT2D eigenvalue weighted by atomic mass is 10.3. The average Bonchev–Trinajstić information content (AvgIpc) is 2.40. The average molecular weight is 320 g/mol. The Morgan fingerprint density at radius 1 is 1.26 bits per heavy atom. The van der Waals surface area contributed by atoms with Crippen molar-refractivity contribution in [2.75, 3.05) is 17.7 Å². The summed E-state index contributed by atoms with van der Waals surface area (Å²) in [7, 11) is 1.61. The highest BCUT2D eigenvalue weighted by atomic mass is 79.9. The second-order valence-electron chi connectivity index (χ2n) is 3.50. The van der Waals surface area contributed by atoms with Crippen LogP contribution in [0.3, 0.4) is 0 Å². The molecule has 0 radical (unpaired) electrons. The minimum Gasteiger partial charge on any atom is -0.496 e. The van der Waals surface area contributed by atoms with Crippen LogP contribution in [0.25, 0.3) is 0 Å². The van der Waals surface area contributed by atoms with E-state index < -0.39 is 0 Å². The monoisotopic (exact) mass is 319 g/mol. The molecular formula is C12H10BrN5O. The van der Waals surface area contributed by atoms with Gasteiger partial charge in [-0.3, -0.25) is 5.32 Å². The molecule has 0 fully saturated rings. The lowest BCUT2D eigenvalue weighted by Crippen LogP contribution is -1.98. The van der Waals surface area contributed by atoms with Crippen molar-refractivity contribution in [2.24, 2.45) is 0 Å². The second kappa shape index (κ2) is 6.02. The predicted octanol–water partition coefficient (Wildman–Crippen LogP) is 2.88. The number of ether oxygens (including phenoxy) is 1. The van der Waals surface area contributed by atoms with Gasteiger partial charge in [-0.05, 0) is 34.1 Å². The lowest BCUT2D eigenvalue weighted by molar-refractivity contribution is 0.412. The maximum Gasteiger partial charge on any atom is 0.182 e. The SMILES string of the molecule is COc1ccc(Nc2cc(NC#N)ncn2)cc1Br. The number of nitrogens with zero attached hydrogens (tertiary/aromatic N) is 3. The van der Waals surface area contributed by atoms with Gasteiger partial charge in [-0.15, -0.1) is 0 Å². The van der Waals surface area contributed by atoms with Gasteiger partial charge in [-0.2, -0.15) is 5.26 Å². The van der Waals surface area contributed by atoms with Gasteiger partial charge in [-0.25, -0.2) is 9.97 Å². The fourth-order valence-corrected chi connectivity index (χ4v) is 1.98. The largest absolute Gasteiger partial charge is 0.496 e. The van der Waals surface area contributed by atoms with Crippen molar-refractivity contribution in [3.63, 3.8) is 0 Å². The van der Waals surface area contributed by atoms with Crippen molar-refractivity contribution >= 4 is 33.3 Å². The summed E-state index contributed by atoms with van der Waals surface area (Å²) >= 11 is 3.41. The molecule has 96 valence electrons. The molecule has 0 aliphatic rings. The van der Waals surface area contributed by atoms with Gasteiger partial charge in [0.05, 0.1) is 11.6 Å². The van der Waals surface area contributed by atoms with Crippen LogP contribution in [0.4, 0.5) is 17.3 Å². The van der Waals surface area contributed by atoms with E-state index in [-0.39, 0.29) is 0 Å². The normalized spacial score (nSPS) is 9.53. The van der Waals surface area contributed by atoms with E-state index >= 15 is 0 Å². The first kappa shape index (κ1) is 13.1. The van der Waals surface area contributed by atoms with Crippen LogP contribution in [0, 0.1) is 11.5 Å². The number of anilines is 3. The molecule has 1 heterocycles. The summed E-state index contributed by atoms with van der Waals surface area (Å²) < 4.78 is 5.99. The van der Waals surface area contributed by atoms with Crippen molar-refractivity contribution < 1.29 is 4.74 Å². The summed E-state index contributed by atoms with van der Waals surface area (Å²) in [5.41, 5.74) is 0.842. The summed E-state index contributed by atoms with van der Waals surface area (Å²) in [6.45, 7) is 0. The number of methoxy groups -OCH3 is 1. The molecule has 7 heteroatoms. The molecule has 0 spiro atoms. The number of halogens is 1. The molecule has 1 aromatic heterocycles. The molecule has 19 heavy (non-hydrogen) atoms. The molecule has 0 saturated carbocycles. The Bertz CT molecular complexity index is 626. The Balaban J connectivity index is 2.19. The first-order chi connectivity index (χ1) is 9.22. The first-order valence-electron chi connectivity index (χ1n) is 5.30. The number of hydrogen-bond donors (Lipinski definition) is 2. The van der Waals surface area contributed by atoms with E-state index in [4.69, 9.17) is 10.00 Å². The van der Waals surface area contributed by atoms with Crippen LogP contribution in [-0.4, -0.2) is 17.1 Å². The smallest absolute Gasteiger partial charge is 0.182 e. The molecule has 0 aliphatic carbocycles. The van der Waals surface area contributed by atoms with Gasteiger partial charge in [0.25, 0.3) is 0 Å². The van der Waals surface area contributed by atoms with Crippen LogP contribution >= 0.6 is 15.9 Å². The highest BCUT2D eigenvalue weighted by molar-refractivity contribution is 9.10. The zero-order valence-electron chi connectivity index (χ0n) is 10.0. The van der Waals surface area contributed by atoms with Crippen molar-refractivity contribution in [3.05, 3.63) is 35.1 Å². The molecule has 0 amide bonds. The van der Waals surface area contributed by atoms with Gasteiger partial charge in [0.2, 0.25) is 0 Å². The molecule has 1 aromatic carbocycles. The molecule has 2 N–H and O–H groups in total. The Hall–Kier alpha value is -2.33. The molecule has 0 unspecified atom stereocenters. The highest BCUT2D eigenvalue weighted by Crippen LogP contribution is 2.29. The Labute approximate surface area is 118 Å². The molecule has 0 bridgehead atoms. The standard InChI is InChI=1S/C12H10BrN5O/c1-19-10-3-2-8(4-9(10)13)18-12-5-11(15-6-14)16-7-17-12/h2-5,7H,1H3,(H2,15,16,17,18). The van der Waals surface area contributed by atoms with E-state index in [1.54, 1.807) is 13.2 Å². The second-order valence-corrected chi connectivity index (χ2v) is 4.35. The van der Waals surface area contributed by atoms with Gasteiger partial charge < -0.3 is 10.1 Å². The number of nitriles is 1. The molecule has 0 aliphatic heterocycles. The van der Waals surface area contributed by atoms with Crippen LogP contribution in [0.5, 0.6) is 5.75 Å². The molecule has 2 rings (SSSR count). The number of hydrogen-bond acceptors (Lipinski definition) is 6. The summed E-state index contributed by atoms with van der Waals surface area (Å²) in [4.78, 5) is 7.97. The van der Waals surface area contributed by atoms with Crippen LogP contribution in [0.15, 0.2) is 35.1 Å². The van der Waals surface area contributed by atoms with E-state index in [1.807, 2.05) is 24.4 Å². The van der Waals surface area contributed by atoms with E-state index in [0.29, 0.717) is 11.6 Å². The van der Waals surface area contributed by atoms with Gasteiger partial charge in [0.15, 0.2) is 6.19 Å². The summed E-state index contributed by atoms with van der Waals surface area (Å²) in [5, 5.41) is 14.1. The van der Waals surface area contributed by atoms with Crippen molar-refractivity contribution in [1.29, 1.82) is 5.26 Å². The van der Waals surface area contributed by atoms with Gasteiger partial charge in [0.1, 0.15) is 23.7 Å². The molecule has 0 atom stereocenters. The Morgan fingerprint density at radius 3 is 2.74 bits per heavy atom. The van der Waals surface area contributed by atoms with E-state index in [1.165, 1.54) is 6.33 Å². The zero-order chi connectivity index (χ0) is 13.7. The van der Waals surface area contributed by atoms with E-state index in [0.717, 1.165) is 15.9 Å². The maximum absolute atomic E-state index is 8.53. The maximum atomic E-state index is 8.53. The third-order valence-corrected chi connectivity index (χ3v) is 2.89. The first-order valence-corrected chi connectivity index (χ1v) is 6.10. The van der Waals surface area contributed by atoms with E-state index in [9.17, 15) is 0 Å². The van der Waals surface area contributed by atoms with Crippen LogP contribution in [0.1, 0.15) is 0 Å². The Kier molecular flexibility index (Phi) is 4.15. The molecule has 2 aromatic rings. The van der Waals surface area contributed by atoms with E-state index in [2.05, 4.69) is 36.5 Å². The predicted molar refractivity (Wildman–Crippen MR) is 75.2 cm³/mol. The molecule has 0 saturated heterocycles. The van der Waals surface area contributed by atoms with Crippen molar-refractivity contribution in [2.45, 2.75) is 0 Å². The Morgan fingerprint density at radius 2 is 2.05 bits per heavy atom. The molecular weight excluding hydrogens is 310 g/mol. The van der Waals surface area contributed by atoms with Crippen LogP contribution in [0.2, 0.25) is 0 Å². The third-order valence-electron chi connectivity index (χ3n) is 2.28. The summed E-state index contributed by atoms with van der Waals surface area (Å²) in [5.74, 6) is 1.78. The summed E-state index contributed by atoms with van der Waals surface area (Å²) in [6.07, 6.45) is 3.18.